The Morgan fingerprint density at radius 1 is 1.23 bits per heavy atom. The molecule has 0 aromatic heterocycles. The topological polar surface area (TPSA) is 57.7 Å². The minimum absolute atomic E-state index is 0.0488. The summed E-state index contributed by atoms with van der Waals surface area (Å²) in [4.78, 5) is 13.5. The lowest BCUT2D eigenvalue weighted by Crippen LogP contribution is -2.50. The van der Waals surface area contributed by atoms with Gasteiger partial charge in [-0.25, -0.2) is 8.42 Å². The van der Waals surface area contributed by atoms with Gasteiger partial charge in [0.05, 0.1) is 5.75 Å². The summed E-state index contributed by atoms with van der Waals surface area (Å²) in [5.41, 5.74) is 1.04. The molecule has 22 heavy (non-hydrogen) atoms. The molecule has 0 spiro atoms. The van der Waals surface area contributed by atoms with E-state index in [1.165, 1.54) is 0 Å². The predicted molar refractivity (Wildman–Crippen MR) is 84.8 cm³/mol. The van der Waals surface area contributed by atoms with Crippen LogP contribution in [0.5, 0.6) is 0 Å². The van der Waals surface area contributed by atoms with Crippen molar-refractivity contribution in [1.29, 1.82) is 0 Å². The Balaban J connectivity index is 1.64. The fourth-order valence-corrected chi connectivity index (χ4v) is 4.97. The summed E-state index contributed by atoms with van der Waals surface area (Å²) in [5.74, 6) is 0.586. The van der Waals surface area contributed by atoms with E-state index < -0.39 is 10.0 Å². The molecule has 2 saturated heterocycles. The van der Waals surface area contributed by atoms with Crippen LogP contribution in [-0.4, -0.2) is 55.5 Å². The summed E-state index contributed by atoms with van der Waals surface area (Å²) in [6.45, 7) is 0.990. The third kappa shape index (κ3) is 3.03. The SMILES string of the molecule is CN1C(=O)C[C@H]2CCN(S(=O)(=O)CCc3ccccc3)C[C@H]21. The van der Waals surface area contributed by atoms with E-state index in [0.29, 0.717) is 31.8 Å². The van der Waals surface area contributed by atoms with Crippen molar-refractivity contribution in [2.24, 2.45) is 5.92 Å². The van der Waals surface area contributed by atoms with Crippen molar-refractivity contribution >= 4 is 15.9 Å². The summed E-state index contributed by atoms with van der Waals surface area (Å²) >= 11 is 0. The van der Waals surface area contributed by atoms with Crippen molar-refractivity contribution in [1.82, 2.24) is 9.21 Å². The Bertz CT molecular complexity index is 645. The molecule has 0 aliphatic carbocycles. The monoisotopic (exact) mass is 322 g/mol. The number of nitrogens with zero attached hydrogens (tertiary/aromatic N) is 2. The van der Waals surface area contributed by atoms with Gasteiger partial charge in [0, 0.05) is 32.6 Å². The van der Waals surface area contributed by atoms with Crippen LogP contribution in [0.2, 0.25) is 0 Å². The van der Waals surface area contributed by atoms with Gasteiger partial charge in [-0.1, -0.05) is 30.3 Å². The van der Waals surface area contributed by atoms with Crippen molar-refractivity contribution in [2.75, 3.05) is 25.9 Å². The molecule has 0 bridgehead atoms. The molecule has 2 aliphatic rings. The number of sulfonamides is 1. The fourth-order valence-electron chi connectivity index (χ4n) is 3.45. The van der Waals surface area contributed by atoms with Gasteiger partial charge in [0.15, 0.2) is 0 Å². The van der Waals surface area contributed by atoms with E-state index in [1.807, 2.05) is 30.3 Å². The molecular formula is C16H22N2O3S. The van der Waals surface area contributed by atoms with Gasteiger partial charge in [-0.2, -0.15) is 4.31 Å². The lowest BCUT2D eigenvalue weighted by Gasteiger charge is -2.36. The zero-order valence-electron chi connectivity index (χ0n) is 12.8. The van der Waals surface area contributed by atoms with Crippen LogP contribution < -0.4 is 0 Å². The normalized spacial score (nSPS) is 26.2. The number of amides is 1. The van der Waals surface area contributed by atoms with Gasteiger partial charge in [-0.15, -0.1) is 0 Å². The fraction of sp³-hybridized carbons (Fsp3) is 0.562. The Labute approximate surface area is 132 Å². The van der Waals surface area contributed by atoms with E-state index >= 15 is 0 Å². The van der Waals surface area contributed by atoms with Crippen LogP contribution in [-0.2, 0) is 21.2 Å². The number of hydrogen-bond donors (Lipinski definition) is 0. The van der Waals surface area contributed by atoms with Gasteiger partial charge < -0.3 is 4.90 Å². The van der Waals surface area contributed by atoms with Gasteiger partial charge in [0.2, 0.25) is 15.9 Å². The third-order valence-corrected chi connectivity index (χ3v) is 6.74. The van der Waals surface area contributed by atoms with Crippen molar-refractivity contribution < 1.29 is 13.2 Å². The summed E-state index contributed by atoms with van der Waals surface area (Å²) in [7, 11) is -1.48. The zero-order chi connectivity index (χ0) is 15.7. The molecule has 0 radical (unpaired) electrons. The Hall–Kier alpha value is -1.40. The predicted octanol–water partition coefficient (Wildman–Crippen LogP) is 1.11. The summed E-state index contributed by atoms with van der Waals surface area (Å²) in [6, 6.07) is 9.72. The Morgan fingerprint density at radius 2 is 1.95 bits per heavy atom. The molecule has 2 atom stereocenters. The van der Waals surface area contributed by atoms with Gasteiger partial charge in [0.1, 0.15) is 0 Å². The number of fused-ring (bicyclic) bond motifs is 1. The van der Waals surface area contributed by atoms with Gasteiger partial charge in [-0.3, -0.25) is 4.79 Å². The van der Waals surface area contributed by atoms with E-state index in [-0.39, 0.29) is 17.7 Å². The van der Waals surface area contributed by atoms with Crippen molar-refractivity contribution in [3.63, 3.8) is 0 Å². The molecule has 120 valence electrons. The minimum atomic E-state index is -3.27. The minimum Gasteiger partial charge on any atom is -0.341 e. The number of benzene rings is 1. The van der Waals surface area contributed by atoms with E-state index in [0.717, 1.165) is 12.0 Å². The average molecular weight is 322 g/mol. The Kier molecular flexibility index (Phi) is 4.23. The highest BCUT2D eigenvalue weighted by Crippen LogP contribution is 2.32. The summed E-state index contributed by atoms with van der Waals surface area (Å²) < 4.78 is 26.7. The van der Waals surface area contributed by atoms with Gasteiger partial charge >= 0.3 is 0 Å². The molecule has 2 fully saturated rings. The van der Waals surface area contributed by atoms with Gasteiger partial charge in [0.25, 0.3) is 0 Å². The molecule has 1 aromatic rings. The second kappa shape index (κ2) is 6.01. The third-order valence-electron chi connectivity index (χ3n) is 4.90. The van der Waals surface area contributed by atoms with E-state index in [4.69, 9.17) is 0 Å². The Morgan fingerprint density at radius 3 is 2.68 bits per heavy atom. The molecule has 2 heterocycles. The number of carbonyl (C=O) groups excluding carboxylic acids is 1. The number of carbonyl (C=O) groups is 1. The second-order valence-corrected chi connectivity index (χ2v) is 8.32. The van der Waals surface area contributed by atoms with E-state index in [9.17, 15) is 13.2 Å². The first-order chi connectivity index (χ1) is 10.5. The van der Waals surface area contributed by atoms with Crippen LogP contribution in [0.25, 0.3) is 0 Å². The first kappa shape index (κ1) is 15.5. The molecule has 0 N–H and O–H groups in total. The molecule has 0 saturated carbocycles. The van der Waals surface area contributed by atoms with Crippen LogP contribution in [0.1, 0.15) is 18.4 Å². The number of likely N-dealkylation sites (tertiary alicyclic amines) is 1. The number of aryl methyl sites for hydroxylation is 1. The maximum Gasteiger partial charge on any atom is 0.222 e. The highest BCUT2D eigenvalue weighted by molar-refractivity contribution is 7.89. The number of piperidine rings is 1. The molecule has 1 amide bonds. The standard InChI is InChI=1S/C16H22N2O3S/c1-17-15-12-18(9-7-14(15)11-16(17)19)22(20,21)10-8-13-5-3-2-4-6-13/h2-6,14-15H,7-12H2,1H3/t14-,15-/m1/s1. The molecular weight excluding hydrogens is 300 g/mol. The summed E-state index contributed by atoms with van der Waals surface area (Å²) in [6.07, 6.45) is 1.88. The second-order valence-electron chi connectivity index (χ2n) is 6.23. The highest BCUT2D eigenvalue weighted by atomic mass is 32.2. The highest BCUT2D eigenvalue weighted by Gasteiger charge is 2.43. The van der Waals surface area contributed by atoms with Crippen LogP contribution in [0.3, 0.4) is 0 Å². The molecule has 0 unspecified atom stereocenters. The van der Waals surface area contributed by atoms with E-state index in [2.05, 4.69) is 0 Å². The molecule has 3 rings (SSSR count). The molecule has 2 aliphatic heterocycles. The largest absolute Gasteiger partial charge is 0.341 e. The molecule has 1 aromatic carbocycles. The van der Waals surface area contributed by atoms with Crippen LogP contribution in [0, 0.1) is 5.92 Å². The number of rotatable bonds is 4. The maximum absolute atomic E-state index is 12.6. The lowest BCUT2D eigenvalue weighted by molar-refractivity contribution is -0.127. The number of hydrogen-bond acceptors (Lipinski definition) is 3. The smallest absolute Gasteiger partial charge is 0.222 e. The maximum atomic E-state index is 12.6. The molecule has 5 nitrogen and oxygen atoms in total. The first-order valence-corrected chi connectivity index (χ1v) is 9.36. The van der Waals surface area contributed by atoms with Crippen molar-refractivity contribution in [2.45, 2.75) is 25.3 Å². The molecule has 6 heteroatoms. The van der Waals surface area contributed by atoms with Crippen LogP contribution in [0.15, 0.2) is 30.3 Å². The first-order valence-electron chi connectivity index (χ1n) is 7.75. The van der Waals surface area contributed by atoms with Crippen LogP contribution in [0.4, 0.5) is 0 Å². The average Bonchev–Trinajstić information content (AvgIpc) is 2.81. The summed E-state index contributed by atoms with van der Waals surface area (Å²) in [5, 5.41) is 0. The zero-order valence-corrected chi connectivity index (χ0v) is 13.6. The van der Waals surface area contributed by atoms with Crippen molar-refractivity contribution in [3.05, 3.63) is 35.9 Å². The number of likely N-dealkylation sites (N-methyl/N-ethyl adjacent to an activating group) is 1. The van der Waals surface area contributed by atoms with Crippen molar-refractivity contribution in [3.8, 4) is 0 Å². The quantitative estimate of drug-likeness (QED) is 0.834. The van der Waals surface area contributed by atoms with Gasteiger partial charge in [-0.05, 0) is 24.3 Å². The van der Waals surface area contributed by atoms with E-state index in [1.54, 1.807) is 16.3 Å². The van der Waals surface area contributed by atoms with Crippen LogP contribution >= 0.6 is 0 Å². The lowest BCUT2D eigenvalue weighted by atomic mass is 9.93.